The van der Waals surface area contributed by atoms with Crippen LogP contribution in [0.1, 0.15) is 43.9 Å². The Morgan fingerprint density at radius 2 is 2.04 bits per heavy atom. The molecule has 0 amide bonds. The first-order valence-electron chi connectivity index (χ1n) is 9.22. The van der Waals surface area contributed by atoms with Gasteiger partial charge in [0.05, 0.1) is 25.5 Å². The second kappa shape index (κ2) is 8.36. The maximum Gasteiger partial charge on any atom is 0.225 e. The lowest BCUT2D eigenvalue weighted by molar-refractivity contribution is 0.248. The monoisotopic (exact) mass is 356 g/mol. The van der Waals surface area contributed by atoms with Crippen LogP contribution in [0.4, 0.5) is 11.8 Å². The van der Waals surface area contributed by atoms with E-state index in [4.69, 9.17) is 4.74 Å². The number of rotatable bonds is 9. The van der Waals surface area contributed by atoms with Crippen LogP contribution in [-0.2, 0) is 6.54 Å². The molecule has 1 aromatic heterocycles. The largest absolute Gasteiger partial charge is 0.497 e. The first-order chi connectivity index (χ1) is 12.6. The third kappa shape index (κ3) is 4.85. The van der Waals surface area contributed by atoms with Crippen LogP contribution < -0.4 is 15.4 Å². The molecule has 6 heteroatoms. The fraction of sp³-hybridized carbons (Fsp3) is 0.500. The van der Waals surface area contributed by atoms with Gasteiger partial charge in [-0.25, -0.2) is 4.98 Å². The Bertz CT molecular complexity index is 732. The van der Waals surface area contributed by atoms with E-state index in [-0.39, 0.29) is 12.6 Å². The standard InChI is InChI=1S/C20H28N4O2/c1-13(2)18(12-25)23-20-22-17(15-7-8-15)10-19(24-20)21-11-14-5-4-6-16(9-14)26-3/h4-6,9-10,13,15,18,25H,7-8,11-12H2,1-3H3,(H2,21,22,23,24)/t18-/m1/s1. The fourth-order valence-corrected chi connectivity index (χ4v) is 2.77. The van der Waals surface area contributed by atoms with Crippen LogP contribution in [-0.4, -0.2) is 34.8 Å². The van der Waals surface area contributed by atoms with Crippen molar-refractivity contribution >= 4 is 11.8 Å². The Hall–Kier alpha value is -2.34. The van der Waals surface area contributed by atoms with Crippen LogP contribution in [0, 0.1) is 5.92 Å². The highest BCUT2D eigenvalue weighted by Crippen LogP contribution is 2.40. The summed E-state index contributed by atoms with van der Waals surface area (Å²) in [4.78, 5) is 9.25. The maximum atomic E-state index is 9.57. The second-order valence-electron chi connectivity index (χ2n) is 7.16. The predicted octanol–water partition coefficient (Wildman–Crippen LogP) is 3.40. The van der Waals surface area contributed by atoms with E-state index in [1.54, 1.807) is 7.11 Å². The van der Waals surface area contributed by atoms with Crippen molar-refractivity contribution in [2.45, 2.75) is 45.2 Å². The van der Waals surface area contributed by atoms with Gasteiger partial charge >= 0.3 is 0 Å². The number of aliphatic hydroxyl groups is 1. The molecule has 6 nitrogen and oxygen atoms in total. The van der Waals surface area contributed by atoms with E-state index in [9.17, 15) is 5.11 Å². The highest BCUT2D eigenvalue weighted by molar-refractivity contribution is 5.45. The first kappa shape index (κ1) is 18.5. The molecule has 26 heavy (non-hydrogen) atoms. The second-order valence-corrected chi connectivity index (χ2v) is 7.16. The van der Waals surface area contributed by atoms with E-state index in [2.05, 4.69) is 40.5 Å². The van der Waals surface area contributed by atoms with Gasteiger partial charge in [0.15, 0.2) is 0 Å². The molecular weight excluding hydrogens is 328 g/mol. The number of nitrogens with one attached hydrogen (secondary N) is 2. The van der Waals surface area contributed by atoms with Crippen molar-refractivity contribution in [2.75, 3.05) is 24.4 Å². The zero-order valence-corrected chi connectivity index (χ0v) is 15.7. The minimum absolute atomic E-state index is 0.0568. The Balaban J connectivity index is 1.75. The number of aromatic nitrogens is 2. The topological polar surface area (TPSA) is 79.3 Å². The summed E-state index contributed by atoms with van der Waals surface area (Å²) in [5.74, 6) is 3.04. The van der Waals surface area contributed by atoms with Crippen LogP contribution in [0.2, 0.25) is 0 Å². The smallest absolute Gasteiger partial charge is 0.225 e. The third-order valence-corrected chi connectivity index (χ3v) is 4.67. The van der Waals surface area contributed by atoms with Crippen molar-refractivity contribution in [3.05, 3.63) is 41.6 Å². The zero-order chi connectivity index (χ0) is 18.5. The van der Waals surface area contributed by atoms with Crippen molar-refractivity contribution in [3.63, 3.8) is 0 Å². The molecule has 0 unspecified atom stereocenters. The SMILES string of the molecule is COc1cccc(CNc2cc(C3CC3)nc(N[C@H](CO)C(C)C)n2)c1. The highest BCUT2D eigenvalue weighted by atomic mass is 16.5. The van der Waals surface area contributed by atoms with Crippen LogP contribution in [0.3, 0.4) is 0 Å². The molecular formula is C20H28N4O2. The van der Waals surface area contributed by atoms with Gasteiger partial charge in [0.25, 0.3) is 0 Å². The van der Waals surface area contributed by atoms with Crippen LogP contribution in [0.15, 0.2) is 30.3 Å². The molecule has 0 radical (unpaired) electrons. The fourth-order valence-electron chi connectivity index (χ4n) is 2.77. The van der Waals surface area contributed by atoms with Crippen LogP contribution in [0.5, 0.6) is 5.75 Å². The van der Waals surface area contributed by atoms with E-state index in [0.717, 1.165) is 22.8 Å². The molecule has 1 fully saturated rings. The summed E-state index contributed by atoms with van der Waals surface area (Å²) in [6, 6.07) is 9.95. The van der Waals surface area contributed by atoms with Gasteiger partial charge in [-0.15, -0.1) is 0 Å². The quantitative estimate of drug-likeness (QED) is 0.639. The third-order valence-electron chi connectivity index (χ3n) is 4.67. The summed E-state index contributed by atoms with van der Waals surface area (Å²) < 4.78 is 5.28. The summed E-state index contributed by atoms with van der Waals surface area (Å²) in [7, 11) is 1.67. The van der Waals surface area contributed by atoms with Crippen molar-refractivity contribution in [3.8, 4) is 5.75 Å². The van der Waals surface area contributed by atoms with Crippen molar-refractivity contribution < 1.29 is 9.84 Å². The number of aliphatic hydroxyl groups excluding tert-OH is 1. The molecule has 1 atom stereocenters. The molecule has 140 valence electrons. The molecule has 1 aromatic carbocycles. The number of hydrogen-bond acceptors (Lipinski definition) is 6. The number of anilines is 2. The van der Waals surface area contributed by atoms with Crippen molar-refractivity contribution in [1.29, 1.82) is 0 Å². The lowest BCUT2D eigenvalue weighted by Crippen LogP contribution is -2.30. The lowest BCUT2D eigenvalue weighted by Gasteiger charge is -2.20. The minimum Gasteiger partial charge on any atom is -0.497 e. The molecule has 1 saturated carbocycles. The number of nitrogens with zero attached hydrogens (tertiary/aromatic N) is 2. The Labute approximate surface area is 155 Å². The number of benzene rings is 1. The van der Waals surface area contributed by atoms with Crippen LogP contribution >= 0.6 is 0 Å². The van der Waals surface area contributed by atoms with Gasteiger partial charge in [-0.3, -0.25) is 0 Å². The molecule has 1 aliphatic carbocycles. The molecule has 3 rings (SSSR count). The van der Waals surface area contributed by atoms with Gasteiger partial charge in [0.1, 0.15) is 11.6 Å². The zero-order valence-electron chi connectivity index (χ0n) is 15.7. The minimum atomic E-state index is -0.0595. The summed E-state index contributed by atoms with van der Waals surface area (Å²) in [6.07, 6.45) is 2.36. The average molecular weight is 356 g/mol. The highest BCUT2D eigenvalue weighted by Gasteiger charge is 2.26. The predicted molar refractivity (Wildman–Crippen MR) is 104 cm³/mol. The summed E-state index contributed by atoms with van der Waals surface area (Å²) >= 11 is 0. The van der Waals surface area contributed by atoms with E-state index >= 15 is 0 Å². The average Bonchev–Trinajstić information content (AvgIpc) is 3.49. The van der Waals surface area contributed by atoms with Gasteiger partial charge in [-0.05, 0) is 36.5 Å². The van der Waals surface area contributed by atoms with Crippen molar-refractivity contribution in [1.82, 2.24) is 9.97 Å². The number of hydrogen-bond donors (Lipinski definition) is 3. The van der Waals surface area contributed by atoms with Gasteiger partial charge < -0.3 is 20.5 Å². The first-order valence-corrected chi connectivity index (χ1v) is 9.22. The molecule has 0 spiro atoms. The van der Waals surface area contributed by atoms with E-state index in [1.165, 1.54) is 12.8 Å². The van der Waals surface area contributed by atoms with Gasteiger partial charge in [-0.1, -0.05) is 26.0 Å². The molecule has 2 aromatic rings. The Morgan fingerprint density at radius 3 is 2.69 bits per heavy atom. The van der Waals surface area contributed by atoms with E-state index in [1.807, 2.05) is 24.3 Å². The van der Waals surface area contributed by atoms with Gasteiger partial charge in [0, 0.05) is 18.5 Å². The van der Waals surface area contributed by atoms with Gasteiger partial charge in [0.2, 0.25) is 5.95 Å². The molecule has 1 aliphatic rings. The van der Waals surface area contributed by atoms with Gasteiger partial charge in [-0.2, -0.15) is 4.98 Å². The molecule has 3 N–H and O–H groups in total. The number of ether oxygens (including phenoxy) is 1. The molecule has 0 aliphatic heterocycles. The Morgan fingerprint density at radius 1 is 1.23 bits per heavy atom. The Kier molecular flexibility index (Phi) is 5.93. The van der Waals surface area contributed by atoms with E-state index in [0.29, 0.717) is 24.3 Å². The molecule has 0 bridgehead atoms. The molecule has 1 heterocycles. The van der Waals surface area contributed by atoms with Crippen LogP contribution in [0.25, 0.3) is 0 Å². The summed E-state index contributed by atoms with van der Waals surface area (Å²) in [6.45, 7) is 4.85. The summed E-state index contributed by atoms with van der Waals surface area (Å²) in [5, 5.41) is 16.2. The molecule has 0 saturated heterocycles. The van der Waals surface area contributed by atoms with E-state index < -0.39 is 0 Å². The lowest BCUT2D eigenvalue weighted by atomic mass is 10.1. The number of methoxy groups -OCH3 is 1. The normalized spacial score (nSPS) is 15.0. The summed E-state index contributed by atoms with van der Waals surface area (Å²) in [5.41, 5.74) is 2.19. The van der Waals surface area contributed by atoms with Crippen molar-refractivity contribution in [2.24, 2.45) is 5.92 Å². The maximum absolute atomic E-state index is 9.57.